The third-order valence-corrected chi connectivity index (χ3v) is 9.05. The number of carbonyl (C=O) groups is 1. The van der Waals surface area contributed by atoms with E-state index in [1.165, 1.54) is 11.0 Å². The highest BCUT2D eigenvalue weighted by Crippen LogP contribution is 2.50. The van der Waals surface area contributed by atoms with Gasteiger partial charge in [-0.15, -0.1) is 10.2 Å². The maximum Gasteiger partial charge on any atom is 0.416 e. The van der Waals surface area contributed by atoms with Crippen molar-refractivity contribution in [2.75, 3.05) is 4.90 Å². The molecular formula is C31H36F3N5O2. The van der Waals surface area contributed by atoms with Gasteiger partial charge in [-0.3, -0.25) is 4.79 Å². The molecule has 2 aliphatic carbocycles. The molecule has 2 fully saturated rings. The molecule has 3 aromatic rings. The van der Waals surface area contributed by atoms with E-state index < -0.39 is 23.1 Å². The van der Waals surface area contributed by atoms with Crippen LogP contribution < -0.4 is 10.2 Å². The van der Waals surface area contributed by atoms with Crippen molar-refractivity contribution >= 4 is 11.6 Å². The molecule has 7 nitrogen and oxygen atoms in total. The van der Waals surface area contributed by atoms with Crippen LogP contribution in [0.5, 0.6) is 0 Å². The summed E-state index contributed by atoms with van der Waals surface area (Å²) in [6.45, 7) is 6.25. The average molecular weight is 568 g/mol. The predicted molar refractivity (Wildman–Crippen MR) is 149 cm³/mol. The number of aryl methyl sites for hydroxylation is 1. The van der Waals surface area contributed by atoms with Crippen molar-refractivity contribution in [3.63, 3.8) is 0 Å². The maximum absolute atomic E-state index is 14.2. The van der Waals surface area contributed by atoms with E-state index in [0.29, 0.717) is 24.1 Å². The molecule has 0 atom stereocenters. The summed E-state index contributed by atoms with van der Waals surface area (Å²) in [6, 6.07) is 10.4. The molecule has 1 amide bonds. The number of anilines is 1. The number of nitrogens with one attached hydrogen (secondary N) is 1. The lowest BCUT2D eigenvalue weighted by atomic mass is 9.62. The normalized spacial score (nSPS) is 23.5. The standard InChI is InChI=1S/C31H36F3N5O2/c1-19(2)41-23-14-30(15-23,28-37-36-18-38(28)4)21-7-5-8-22(13-21)39-17-25-24(27(39)40)11-20(12-26(25)31(32,33)34)16-35-29(3)9-6-10-29/h5,7-8,11-13,18-19,23,35H,6,9-10,14-17H2,1-4H3/t23-,30+. The number of nitrogens with zero attached hydrogens (tertiary/aromatic N) is 4. The van der Waals surface area contributed by atoms with E-state index in [4.69, 9.17) is 4.74 Å². The lowest BCUT2D eigenvalue weighted by molar-refractivity contribution is -0.138. The summed E-state index contributed by atoms with van der Waals surface area (Å²) in [6.07, 6.45) is 1.73. The Hall–Kier alpha value is -3.24. The zero-order chi connectivity index (χ0) is 29.2. The van der Waals surface area contributed by atoms with Crippen molar-refractivity contribution in [2.45, 2.75) is 95.3 Å². The number of rotatable bonds is 8. The van der Waals surface area contributed by atoms with E-state index in [2.05, 4.69) is 22.4 Å². The van der Waals surface area contributed by atoms with Gasteiger partial charge in [0, 0.05) is 30.4 Å². The molecule has 41 heavy (non-hydrogen) atoms. The van der Waals surface area contributed by atoms with E-state index in [-0.39, 0.29) is 42.0 Å². The smallest absolute Gasteiger partial charge is 0.375 e. The Morgan fingerprint density at radius 3 is 2.54 bits per heavy atom. The molecule has 0 saturated heterocycles. The summed E-state index contributed by atoms with van der Waals surface area (Å²) in [4.78, 5) is 15.1. The van der Waals surface area contributed by atoms with E-state index in [9.17, 15) is 18.0 Å². The first-order valence-corrected chi connectivity index (χ1v) is 14.3. The first kappa shape index (κ1) is 27.9. The summed E-state index contributed by atoms with van der Waals surface area (Å²) in [5, 5.41) is 11.9. The zero-order valence-corrected chi connectivity index (χ0v) is 23.9. The summed E-state index contributed by atoms with van der Waals surface area (Å²) >= 11 is 0. The summed E-state index contributed by atoms with van der Waals surface area (Å²) < 4.78 is 50.7. The quantitative estimate of drug-likeness (QED) is 0.367. The van der Waals surface area contributed by atoms with Crippen molar-refractivity contribution in [2.24, 2.45) is 7.05 Å². The molecule has 2 heterocycles. The number of carbonyl (C=O) groups excluding carboxylic acids is 1. The van der Waals surface area contributed by atoms with Gasteiger partial charge < -0.3 is 19.5 Å². The second-order valence-corrected chi connectivity index (χ2v) is 12.4. The highest BCUT2D eigenvalue weighted by atomic mass is 19.4. The van der Waals surface area contributed by atoms with Gasteiger partial charge in [-0.25, -0.2) is 0 Å². The van der Waals surface area contributed by atoms with Crippen molar-refractivity contribution in [3.05, 3.63) is 76.4 Å². The number of halogens is 3. The third-order valence-electron chi connectivity index (χ3n) is 9.05. The molecule has 1 aliphatic heterocycles. The van der Waals surface area contributed by atoms with Crippen LogP contribution in [0, 0.1) is 0 Å². The minimum Gasteiger partial charge on any atom is -0.375 e. The van der Waals surface area contributed by atoms with Crippen molar-refractivity contribution < 1.29 is 22.7 Å². The molecule has 0 spiro atoms. The fourth-order valence-corrected chi connectivity index (χ4v) is 6.67. The first-order valence-electron chi connectivity index (χ1n) is 14.3. The van der Waals surface area contributed by atoms with Gasteiger partial charge in [0.1, 0.15) is 12.2 Å². The number of hydrogen-bond acceptors (Lipinski definition) is 5. The van der Waals surface area contributed by atoms with Gasteiger partial charge in [-0.05, 0) is 93.8 Å². The Balaban J connectivity index is 1.32. The van der Waals surface area contributed by atoms with Crippen LogP contribution in [0.4, 0.5) is 18.9 Å². The molecule has 0 bridgehead atoms. The third kappa shape index (κ3) is 4.95. The van der Waals surface area contributed by atoms with Gasteiger partial charge >= 0.3 is 6.18 Å². The van der Waals surface area contributed by atoms with Crippen LogP contribution in [0.1, 0.15) is 91.3 Å². The van der Waals surface area contributed by atoms with E-state index in [0.717, 1.165) is 30.7 Å². The van der Waals surface area contributed by atoms with Crippen molar-refractivity contribution in [3.8, 4) is 0 Å². The topological polar surface area (TPSA) is 72.3 Å². The number of amides is 1. The molecule has 2 saturated carbocycles. The van der Waals surface area contributed by atoms with Crippen molar-refractivity contribution in [1.29, 1.82) is 0 Å². The van der Waals surface area contributed by atoms with Crippen LogP contribution in [0.15, 0.2) is 42.7 Å². The van der Waals surface area contributed by atoms with E-state index >= 15 is 0 Å². The number of hydrogen-bond donors (Lipinski definition) is 1. The number of benzene rings is 2. The van der Waals surface area contributed by atoms with Crippen LogP contribution >= 0.6 is 0 Å². The van der Waals surface area contributed by atoms with Crippen molar-refractivity contribution in [1.82, 2.24) is 20.1 Å². The number of fused-ring (bicyclic) bond motifs is 1. The van der Waals surface area contributed by atoms with Gasteiger partial charge in [0.2, 0.25) is 0 Å². The van der Waals surface area contributed by atoms with Crippen LogP contribution in [0.3, 0.4) is 0 Å². The highest BCUT2D eigenvalue weighted by Gasteiger charge is 2.51. The Labute approximate surface area is 238 Å². The lowest BCUT2D eigenvalue weighted by Crippen LogP contribution is -2.49. The van der Waals surface area contributed by atoms with Crippen LogP contribution in [0.25, 0.3) is 0 Å². The highest BCUT2D eigenvalue weighted by molar-refractivity contribution is 6.10. The van der Waals surface area contributed by atoms with E-state index in [1.807, 2.05) is 43.7 Å². The molecule has 1 aromatic heterocycles. The van der Waals surface area contributed by atoms with Crippen LogP contribution in [-0.2, 0) is 36.5 Å². The SMILES string of the molecule is CC(C)O[C@H]1C[C@@](c2cccc(N3Cc4c(cc(CNC5(C)CCC5)cc4C(F)(F)F)C3=O)c2)(c2nncn2C)C1. The largest absolute Gasteiger partial charge is 0.416 e. The lowest BCUT2D eigenvalue weighted by Gasteiger charge is -2.47. The molecule has 6 rings (SSSR count). The van der Waals surface area contributed by atoms with Gasteiger partial charge in [0.05, 0.1) is 29.7 Å². The maximum atomic E-state index is 14.2. The predicted octanol–water partition coefficient (Wildman–Crippen LogP) is 5.90. The van der Waals surface area contributed by atoms with Crippen LogP contribution in [0.2, 0.25) is 0 Å². The molecule has 0 unspecified atom stereocenters. The van der Waals surface area contributed by atoms with Gasteiger partial charge in [0.25, 0.3) is 5.91 Å². The second-order valence-electron chi connectivity index (χ2n) is 12.4. The van der Waals surface area contributed by atoms with E-state index in [1.54, 1.807) is 18.5 Å². The monoisotopic (exact) mass is 567 g/mol. The van der Waals surface area contributed by atoms with Gasteiger partial charge in [0.15, 0.2) is 0 Å². The molecule has 218 valence electrons. The summed E-state index contributed by atoms with van der Waals surface area (Å²) in [5.41, 5.74) is 0.862. The molecule has 2 aromatic carbocycles. The van der Waals surface area contributed by atoms with Gasteiger partial charge in [-0.1, -0.05) is 12.1 Å². The number of ether oxygens (including phenoxy) is 1. The fraction of sp³-hybridized carbons (Fsp3) is 0.516. The average Bonchev–Trinajstić information content (AvgIpc) is 3.45. The fourth-order valence-electron chi connectivity index (χ4n) is 6.67. The summed E-state index contributed by atoms with van der Waals surface area (Å²) in [5.74, 6) is 0.382. The molecule has 0 radical (unpaired) electrons. The molecule has 3 aliphatic rings. The Morgan fingerprint density at radius 2 is 1.93 bits per heavy atom. The molecular weight excluding hydrogens is 531 g/mol. The Morgan fingerprint density at radius 1 is 1.17 bits per heavy atom. The first-order chi connectivity index (χ1) is 19.4. The number of aromatic nitrogens is 3. The summed E-state index contributed by atoms with van der Waals surface area (Å²) in [7, 11) is 1.90. The van der Waals surface area contributed by atoms with Gasteiger partial charge in [-0.2, -0.15) is 13.2 Å². The molecule has 10 heteroatoms. The minimum atomic E-state index is -4.56. The Bertz CT molecular complexity index is 1470. The second kappa shape index (κ2) is 9.94. The zero-order valence-electron chi connectivity index (χ0n) is 23.9. The Kier molecular flexibility index (Phi) is 6.77. The molecule has 1 N–H and O–H groups in total. The van der Waals surface area contributed by atoms with Crippen LogP contribution in [-0.4, -0.2) is 38.4 Å². The number of alkyl halides is 3. The minimum absolute atomic E-state index is 0.0311.